The Kier molecular flexibility index (Phi) is 2.29. The van der Waals surface area contributed by atoms with Gasteiger partial charge in [0.05, 0.1) is 5.69 Å². The van der Waals surface area contributed by atoms with E-state index in [1.165, 1.54) is 0 Å². The maximum atomic E-state index is 10.5. The molecule has 0 aliphatic carbocycles. The van der Waals surface area contributed by atoms with E-state index in [9.17, 15) is 4.79 Å². The van der Waals surface area contributed by atoms with Gasteiger partial charge in [0.2, 0.25) is 0 Å². The lowest BCUT2D eigenvalue weighted by molar-refractivity contribution is 0.112. The van der Waals surface area contributed by atoms with E-state index in [0.717, 1.165) is 35.0 Å². The lowest BCUT2D eigenvalue weighted by atomic mass is 10.1. The van der Waals surface area contributed by atoms with E-state index < -0.39 is 0 Å². The molecule has 0 N–H and O–H groups in total. The molecule has 0 bridgehead atoms. The monoisotopic (exact) mass is 230 g/mol. The smallest absolute Gasteiger partial charge is 0.168 e. The van der Waals surface area contributed by atoms with Crippen molar-refractivity contribution in [3.63, 3.8) is 0 Å². The predicted molar refractivity (Wildman–Crippen MR) is 63.8 cm³/mol. The second kappa shape index (κ2) is 3.79. The zero-order valence-corrected chi connectivity index (χ0v) is 9.41. The number of aldehydes is 1. The van der Waals surface area contributed by atoms with Crippen LogP contribution < -0.4 is 0 Å². The number of fused-ring (bicyclic) bond motifs is 1. The van der Waals surface area contributed by atoms with E-state index in [1.807, 2.05) is 24.3 Å². The molecule has 0 radical (unpaired) electrons. The first-order valence-corrected chi connectivity index (χ1v) is 6.11. The molecule has 2 heterocycles. The zero-order chi connectivity index (χ0) is 11.0. The van der Waals surface area contributed by atoms with Crippen molar-refractivity contribution in [2.75, 3.05) is 5.75 Å². The van der Waals surface area contributed by atoms with Gasteiger partial charge in [-0.1, -0.05) is 36.0 Å². The molecule has 0 saturated carbocycles. The Morgan fingerprint density at radius 3 is 2.81 bits per heavy atom. The maximum Gasteiger partial charge on any atom is 0.168 e. The lowest BCUT2D eigenvalue weighted by Crippen LogP contribution is -1.89. The molecule has 0 unspecified atom stereocenters. The van der Waals surface area contributed by atoms with Gasteiger partial charge < -0.3 is 4.57 Å². The molecule has 0 saturated heterocycles. The van der Waals surface area contributed by atoms with Gasteiger partial charge in [-0.15, -0.1) is 0 Å². The van der Waals surface area contributed by atoms with Gasteiger partial charge in [-0.3, -0.25) is 4.79 Å². The van der Waals surface area contributed by atoms with Gasteiger partial charge in [-0.2, -0.15) is 0 Å². The van der Waals surface area contributed by atoms with Crippen LogP contribution in [0.4, 0.5) is 0 Å². The number of carbonyl (C=O) groups is 1. The lowest BCUT2D eigenvalue weighted by Gasteiger charge is -1.96. The Morgan fingerprint density at radius 1 is 1.31 bits per heavy atom. The second-order valence-corrected chi connectivity index (χ2v) is 4.75. The van der Waals surface area contributed by atoms with Crippen LogP contribution in [0.5, 0.6) is 0 Å². The van der Waals surface area contributed by atoms with Crippen molar-refractivity contribution in [3.8, 4) is 11.3 Å². The summed E-state index contributed by atoms with van der Waals surface area (Å²) in [6.45, 7) is 1.04. The summed E-state index contributed by atoms with van der Waals surface area (Å²) in [4.78, 5) is 15.1. The number of rotatable bonds is 2. The highest BCUT2D eigenvalue weighted by Crippen LogP contribution is 2.28. The molecule has 2 aromatic rings. The summed E-state index contributed by atoms with van der Waals surface area (Å²) >= 11 is 1.79. The SMILES string of the molecule is O=Cc1ccc(-c2cn3c(n2)SCC3)cc1. The Bertz CT molecular complexity index is 509. The number of imidazole rings is 1. The van der Waals surface area contributed by atoms with Crippen molar-refractivity contribution in [1.82, 2.24) is 9.55 Å². The van der Waals surface area contributed by atoms with E-state index >= 15 is 0 Å². The third-order valence-electron chi connectivity index (χ3n) is 2.65. The number of aryl methyl sites for hydroxylation is 1. The normalized spacial score (nSPS) is 13.8. The van der Waals surface area contributed by atoms with Crippen molar-refractivity contribution in [1.29, 1.82) is 0 Å². The first kappa shape index (κ1) is 9.66. The third kappa shape index (κ3) is 1.55. The first-order valence-electron chi connectivity index (χ1n) is 5.12. The summed E-state index contributed by atoms with van der Waals surface area (Å²) < 4.78 is 2.17. The van der Waals surface area contributed by atoms with E-state index in [2.05, 4.69) is 15.7 Å². The second-order valence-electron chi connectivity index (χ2n) is 3.69. The van der Waals surface area contributed by atoms with E-state index in [-0.39, 0.29) is 0 Å². The topological polar surface area (TPSA) is 34.9 Å². The van der Waals surface area contributed by atoms with Gasteiger partial charge >= 0.3 is 0 Å². The summed E-state index contributed by atoms with van der Waals surface area (Å²) in [5.74, 6) is 1.12. The van der Waals surface area contributed by atoms with Crippen LogP contribution in [0, 0.1) is 0 Å². The average molecular weight is 230 g/mol. The summed E-state index contributed by atoms with van der Waals surface area (Å²) in [5.41, 5.74) is 2.75. The summed E-state index contributed by atoms with van der Waals surface area (Å²) in [6, 6.07) is 7.51. The van der Waals surface area contributed by atoms with Crippen molar-refractivity contribution < 1.29 is 4.79 Å². The molecule has 0 spiro atoms. The highest BCUT2D eigenvalue weighted by atomic mass is 32.2. The van der Waals surface area contributed by atoms with E-state index in [1.54, 1.807) is 11.8 Å². The van der Waals surface area contributed by atoms with Gasteiger partial charge in [-0.25, -0.2) is 4.98 Å². The van der Waals surface area contributed by atoms with Crippen LogP contribution in [0.2, 0.25) is 0 Å². The first-order chi connectivity index (χ1) is 7.86. The largest absolute Gasteiger partial charge is 0.325 e. The van der Waals surface area contributed by atoms with Gasteiger partial charge in [0, 0.05) is 29.6 Å². The molecular formula is C12H10N2OS. The summed E-state index contributed by atoms with van der Waals surface area (Å²) in [6.07, 6.45) is 2.93. The number of benzene rings is 1. The van der Waals surface area contributed by atoms with Crippen molar-refractivity contribution in [2.24, 2.45) is 0 Å². The van der Waals surface area contributed by atoms with Gasteiger partial charge in [0.15, 0.2) is 5.16 Å². The fourth-order valence-corrected chi connectivity index (χ4v) is 2.72. The zero-order valence-electron chi connectivity index (χ0n) is 8.59. The number of carbonyl (C=O) groups excluding carboxylic acids is 1. The third-order valence-corrected chi connectivity index (χ3v) is 3.62. The minimum atomic E-state index is 0.699. The van der Waals surface area contributed by atoms with Crippen LogP contribution in [-0.4, -0.2) is 21.6 Å². The fraction of sp³-hybridized carbons (Fsp3) is 0.167. The van der Waals surface area contributed by atoms with Crippen LogP contribution in [0.3, 0.4) is 0 Å². The molecule has 3 nitrogen and oxygen atoms in total. The molecule has 1 aliphatic heterocycles. The number of nitrogens with zero attached hydrogens (tertiary/aromatic N) is 2. The van der Waals surface area contributed by atoms with Crippen molar-refractivity contribution in [2.45, 2.75) is 11.7 Å². The standard InChI is InChI=1S/C12H10N2OS/c15-8-9-1-3-10(4-2-9)11-7-14-5-6-16-12(14)13-11/h1-4,7-8H,5-6H2. The minimum Gasteiger partial charge on any atom is -0.325 e. The quantitative estimate of drug-likeness (QED) is 0.743. The average Bonchev–Trinajstić information content (AvgIpc) is 2.89. The Labute approximate surface area is 97.5 Å². The number of hydrogen-bond acceptors (Lipinski definition) is 3. The van der Waals surface area contributed by atoms with Gasteiger partial charge in [0.1, 0.15) is 6.29 Å². The molecule has 0 fully saturated rings. The molecule has 4 heteroatoms. The van der Waals surface area contributed by atoms with Crippen LogP contribution in [0.25, 0.3) is 11.3 Å². The Hall–Kier alpha value is -1.55. The highest BCUT2D eigenvalue weighted by Gasteiger charge is 2.14. The molecule has 1 aliphatic rings. The number of aromatic nitrogens is 2. The van der Waals surface area contributed by atoms with Gasteiger partial charge in [0.25, 0.3) is 0 Å². The minimum absolute atomic E-state index is 0.699. The maximum absolute atomic E-state index is 10.5. The van der Waals surface area contributed by atoms with Gasteiger partial charge in [-0.05, 0) is 0 Å². The molecule has 16 heavy (non-hydrogen) atoms. The molecule has 3 rings (SSSR count). The Morgan fingerprint density at radius 2 is 2.12 bits per heavy atom. The summed E-state index contributed by atoms with van der Waals surface area (Å²) in [7, 11) is 0. The molecular weight excluding hydrogens is 220 g/mol. The molecule has 1 aromatic carbocycles. The molecule has 0 atom stereocenters. The van der Waals surface area contributed by atoms with Crippen LogP contribution in [-0.2, 0) is 6.54 Å². The summed E-state index contributed by atoms with van der Waals surface area (Å²) in [5, 5.41) is 1.09. The van der Waals surface area contributed by atoms with Crippen molar-refractivity contribution >= 4 is 18.0 Å². The molecule has 1 aromatic heterocycles. The molecule has 80 valence electrons. The Balaban J connectivity index is 1.98. The van der Waals surface area contributed by atoms with Crippen LogP contribution in [0.15, 0.2) is 35.6 Å². The van der Waals surface area contributed by atoms with Crippen molar-refractivity contribution in [3.05, 3.63) is 36.0 Å². The van der Waals surface area contributed by atoms with E-state index in [0.29, 0.717) is 5.56 Å². The van der Waals surface area contributed by atoms with Crippen LogP contribution >= 0.6 is 11.8 Å². The van der Waals surface area contributed by atoms with E-state index in [4.69, 9.17) is 0 Å². The number of hydrogen-bond donors (Lipinski definition) is 0. The highest BCUT2D eigenvalue weighted by molar-refractivity contribution is 7.99. The number of thioether (sulfide) groups is 1. The van der Waals surface area contributed by atoms with Crippen LogP contribution in [0.1, 0.15) is 10.4 Å². The predicted octanol–water partition coefficient (Wildman–Crippen LogP) is 2.47. The molecule has 0 amide bonds. The fourth-order valence-electron chi connectivity index (χ4n) is 1.78.